The van der Waals surface area contributed by atoms with Crippen LogP contribution in [0.25, 0.3) is 0 Å². The van der Waals surface area contributed by atoms with Crippen LogP contribution in [0.3, 0.4) is 0 Å². The summed E-state index contributed by atoms with van der Waals surface area (Å²) in [5, 5.41) is 0. The Labute approximate surface area is 285 Å². The van der Waals surface area contributed by atoms with Crippen LogP contribution in [0.4, 0.5) is 0 Å². The summed E-state index contributed by atoms with van der Waals surface area (Å²) in [6.07, 6.45) is 38.1. The van der Waals surface area contributed by atoms with Gasteiger partial charge in [-0.15, -0.1) is 0 Å². The van der Waals surface area contributed by atoms with Crippen molar-refractivity contribution >= 4 is 19.6 Å². The van der Waals surface area contributed by atoms with E-state index in [9.17, 15) is 14.2 Å². The van der Waals surface area contributed by atoms with E-state index in [1.165, 1.54) is 159 Å². The van der Waals surface area contributed by atoms with Crippen molar-refractivity contribution in [3.8, 4) is 0 Å². The van der Waals surface area contributed by atoms with Crippen LogP contribution in [0.1, 0.15) is 219 Å². The van der Waals surface area contributed by atoms with Gasteiger partial charge in [0, 0.05) is 12.8 Å². The predicted molar refractivity (Wildman–Crippen MR) is 194 cm³/mol. The van der Waals surface area contributed by atoms with Gasteiger partial charge in [0.15, 0.2) is 0 Å². The zero-order valence-corrected chi connectivity index (χ0v) is 31.4. The van der Waals surface area contributed by atoms with E-state index in [1.54, 1.807) is 0 Å². The minimum atomic E-state index is -4.64. The molecule has 0 saturated heterocycles. The third kappa shape index (κ3) is 33.2. The maximum absolute atomic E-state index is 12.9. The van der Waals surface area contributed by atoms with Crippen LogP contribution in [0.15, 0.2) is 0 Å². The molecule has 8 heteroatoms. The van der Waals surface area contributed by atoms with E-state index < -0.39 is 7.82 Å². The number of carbonyl (C=O) groups excluding carboxylic acids is 2. The third-order valence-electron chi connectivity index (χ3n) is 9.16. The number of hydrogen-bond donors (Lipinski definition) is 2. The van der Waals surface area contributed by atoms with Crippen molar-refractivity contribution in [2.24, 2.45) is 0 Å². The summed E-state index contributed by atoms with van der Waals surface area (Å²) >= 11 is 0. The highest BCUT2D eigenvalue weighted by atomic mass is 31.2. The zero-order valence-electron chi connectivity index (χ0n) is 30.5. The molecule has 0 bridgehead atoms. The number of phosphoric acid groups is 1. The monoisotopic (exact) mass is 674 g/mol. The molecule has 0 heterocycles. The Bertz CT molecular complexity index is 682. The topological polar surface area (TPSA) is 104 Å². The molecular weight excluding hydrogens is 597 g/mol. The molecule has 0 saturated carbocycles. The number of hydrogen-bond acceptors (Lipinski definition) is 4. The van der Waals surface area contributed by atoms with Gasteiger partial charge >= 0.3 is 7.82 Å². The highest BCUT2D eigenvalue weighted by Gasteiger charge is 2.22. The summed E-state index contributed by atoms with van der Waals surface area (Å²) in [6, 6.07) is 0. The normalized spacial score (nSPS) is 11.7. The van der Waals surface area contributed by atoms with E-state index in [2.05, 4.69) is 18.4 Å². The number of rotatable bonds is 36. The van der Waals surface area contributed by atoms with Gasteiger partial charge < -0.3 is 9.79 Å². The molecule has 46 heavy (non-hydrogen) atoms. The van der Waals surface area contributed by atoms with E-state index >= 15 is 0 Å². The van der Waals surface area contributed by atoms with E-state index in [4.69, 9.17) is 9.79 Å². The summed E-state index contributed by atoms with van der Waals surface area (Å²) in [4.78, 5) is 45.0. The van der Waals surface area contributed by atoms with Crippen LogP contribution >= 0.6 is 7.82 Å². The van der Waals surface area contributed by atoms with Gasteiger partial charge in [0.2, 0.25) is 11.8 Å². The Kier molecular flexibility index (Phi) is 33.6. The Balaban J connectivity index is 4.00. The van der Waals surface area contributed by atoms with E-state index in [0.29, 0.717) is 12.8 Å². The Morgan fingerprint density at radius 2 is 0.696 bits per heavy atom. The summed E-state index contributed by atoms with van der Waals surface area (Å²) in [7, 11) is -4.64. The molecule has 0 aliphatic rings. The Morgan fingerprint density at radius 3 is 0.935 bits per heavy atom. The van der Waals surface area contributed by atoms with E-state index in [-0.39, 0.29) is 25.0 Å². The summed E-state index contributed by atoms with van der Waals surface area (Å²) in [6.45, 7) is 4.06. The molecule has 2 N–H and O–H groups in total. The van der Waals surface area contributed by atoms with Gasteiger partial charge in [0.25, 0.3) is 0 Å². The quantitative estimate of drug-likeness (QED) is 0.0506. The molecule has 0 spiro atoms. The molecule has 0 atom stereocenters. The van der Waals surface area contributed by atoms with E-state index in [0.717, 1.165) is 38.5 Å². The molecule has 7 nitrogen and oxygen atoms in total. The first kappa shape index (κ1) is 45.2. The summed E-state index contributed by atoms with van der Waals surface area (Å²) < 4.78 is 15.6. The van der Waals surface area contributed by atoms with Crippen LogP contribution in [0.5, 0.6) is 0 Å². The lowest BCUT2D eigenvalue weighted by molar-refractivity contribution is -0.145. The first-order chi connectivity index (χ1) is 22.3. The molecule has 0 unspecified atom stereocenters. The molecule has 0 aromatic carbocycles. The number of nitrogens with zero attached hydrogens (tertiary/aromatic N) is 1. The van der Waals surface area contributed by atoms with Crippen LogP contribution in [0.2, 0.25) is 0 Å². The van der Waals surface area contributed by atoms with Crippen molar-refractivity contribution in [1.82, 2.24) is 4.90 Å². The van der Waals surface area contributed by atoms with Gasteiger partial charge in [-0.2, -0.15) is 0 Å². The predicted octanol–water partition coefficient (Wildman–Crippen LogP) is 12.0. The Hall–Kier alpha value is -0.750. The first-order valence-electron chi connectivity index (χ1n) is 19.8. The largest absolute Gasteiger partial charge is 0.469 e. The second kappa shape index (κ2) is 34.1. The average molecular weight is 674 g/mol. The highest BCUT2D eigenvalue weighted by Crippen LogP contribution is 2.35. The van der Waals surface area contributed by atoms with Crippen molar-refractivity contribution in [3.05, 3.63) is 0 Å². The van der Waals surface area contributed by atoms with Crippen molar-refractivity contribution in [2.75, 3.05) is 13.2 Å². The highest BCUT2D eigenvalue weighted by molar-refractivity contribution is 7.46. The van der Waals surface area contributed by atoms with Gasteiger partial charge in [-0.3, -0.25) is 19.0 Å². The van der Waals surface area contributed by atoms with Gasteiger partial charge in [-0.1, -0.05) is 194 Å². The van der Waals surface area contributed by atoms with Crippen LogP contribution < -0.4 is 0 Å². The number of phosphoric ester groups is 1. The Morgan fingerprint density at radius 1 is 0.457 bits per heavy atom. The standard InChI is InChI=1S/C38H76NO6P/c1-3-5-7-9-11-13-15-17-19-21-23-25-27-29-31-33-37(40)39(35-36-45-46(42,43)44)38(41)34-32-30-28-26-24-22-20-18-16-14-12-10-8-6-4-2/h3-36H2,1-2H3,(H2,42,43,44). The lowest BCUT2D eigenvalue weighted by Gasteiger charge is -2.21. The third-order valence-corrected chi connectivity index (χ3v) is 9.68. The van der Waals surface area contributed by atoms with Gasteiger partial charge in [-0.25, -0.2) is 4.57 Å². The molecule has 0 fully saturated rings. The lowest BCUT2D eigenvalue weighted by Crippen LogP contribution is -2.39. The molecule has 0 aliphatic heterocycles. The van der Waals surface area contributed by atoms with Crippen LogP contribution in [0, 0.1) is 0 Å². The van der Waals surface area contributed by atoms with Crippen molar-refractivity contribution in [2.45, 2.75) is 219 Å². The average Bonchev–Trinajstić information content (AvgIpc) is 3.02. The fourth-order valence-corrected chi connectivity index (χ4v) is 6.52. The second-order valence-electron chi connectivity index (χ2n) is 13.7. The van der Waals surface area contributed by atoms with Crippen molar-refractivity contribution in [1.29, 1.82) is 0 Å². The van der Waals surface area contributed by atoms with Crippen molar-refractivity contribution in [3.63, 3.8) is 0 Å². The molecule has 2 amide bonds. The molecule has 0 rings (SSSR count). The fourth-order valence-electron chi connectivity index (χ4n) is 6.20. The minimum Gasteiger partial charge on any atom is -0.303 e. The maximum atomic E-state index is 12.9. The number of unbranched alkanes of at least 4 members (excludes halogenated alkanes) is 28. The molecule has 274 valence electrons. The van der Waals surface area contributed by atoms with Gasteiger partial charge in [-0.05, 0) is 12.8 Å². The summed E-state index contributed by atoms with van der Waals surface area (Å²) in [5.41, 5.74) is 0. The van der Waals surface area contributed by atoms with Gasteiger partial charge in [0.05, 0.1) is 13.2 Å². The number of carbonyl (C=O) groups is 2. The zero-order chi connectivity index (χ0) is 34.0. The lowest BCUT2D eigenvalue weighted by atomic mass is 10.0. The fraction of sp³-hybridized carbons (Fsp3) is 0.947. The minimum absolute atomic E-state index is 0.111. The molecule has 0 aromatic rings. The number of imide groups is 1. The first-order valence-corrected chi connectivity index (χ1v) is 21.4. The molecular formula is C38H76NO6P. The number of amides is 2. The molecule has 0 aliphatic carbocycles. The van der Waals surface area contributed by atoms with Crippen molar-refractivity contribution < 1.29 is 28.5 Å². The van der Waals surface area contributed by atoms with Gasteiger partial charge in [0.1, 0.15) is 0 Å². The summed E-state index contributed by atoms with van der Waals surface area (Å²) in [5.74, 6) is -0.509. The molecule has 0 radical (unpaired) electrons. The second-order valence-corrected chi connectivity index (χ2v) is 14.9. The van der Waals surface area contributed by atoms with Crippen LogP contribution in [-0.2, 0) is 18.7 Å². The maximum Gasteiger partial charge on any atom is 0.469 e. The van der Waals surface area contributed by atoms with Crippen LogP contribution in [-0.4, -0.2) is 39.7 Å². The smallest absolute Gasteiger partial charge is 0.303 e. The molecule has 0 aromatic heterocycles. The van der Waals surface area contributed by atoms with E-state index in [1.807, 2.05) is 0 Å². The SMILES string of the molecule is CCCCCCCCCCCCCCCCCC(=O)N(CCOP(=O)(O)O)C(=O)CCCCCCCCCCCCCCCCC.